The maximum Gasteiger partial charge on any atom is 0.416 e. The van der Waals surface area contributed by atoms with E-state index in [1.807, 2.05) is 22.6 Å². The molecular formula is C27H15F3IN5O4. The van der Waals surface area contributed by atoms with Crippen LogP contribution in [0.2, 0.25) is 0 Å². The van der Waals surface area contributed by atoms with E-state index in [0.29, 0.717) is 20.4 Å². The number of ether oxygens (including phenoxy) is 1. The number of aromatic nitrogens is 3. The summed E-state index contributed by atoms with van der Waals surface area (Å²) in [4.78, 5) is 31.9. The van der Waals surface area contributed by atoms with Gasteiger partial charge in [-0.3, -0.25) is 14.9 Å². The first-order valence-electron chi connectivity index (χ1n) is 11.4. The van der Waals surface area contributed by atoms with Crippen LogP contribution in [0.5, 0.6) is 11.6 Å². The molecular weight excluding hydrogens is 642 g/mol. The van der Waals surface area contributed by atoms with Crippen LogP contribution < -0.4 is 10.3 Å². The molecule has 0 aliphatic carbocycles. The highest BCUT2D eigenvalue weighted by molar-refractivity contribution is 14.1. The third-order valence-corrected chi connectivity index (χ3v) is 6.47. The minimum atomic E-state index is -4.58. The van der Waals surface area contributed by atoms with E-state index in [-0.39, 0.29) is 28.3 Å². The number of hydrogen-bond donors (Lipinski definition) is 0. The highest BCUT2D eigenvalue weighted by atomic mass is 127. The first-order valence-corrected chi connectivity index (χ1v) is 12.5. The zero-order valence-electron chi connectivity index (χ0n) is 20.0. The second-order valence-corrected chi connectivity index (χ2v) is 9.46. The van der Waals surface area contributed by atoms with Crippen LogP contribution in [0.1, 0.15) is 11.1 Å². The van der Waals surface area contributed by atoms with Crippen LogP contribution >= 0.6 is 22.6 Å². The van der Waals surface area contributed by atoms with Crippen LogP contribution in [0.25, 0.3) is 22.3 Å². The average Bonchev–Trinajstić information content (AvgIpc) is 2.94. The lowest BCUT2D eigenvalue weighted by Crippen LogP contribution is -2.20. The Morgan fingerprint density at radius 1 is 1.02 bits per heavy atom. The number of hydrogen-bond acceptors (Lipinski definition) is 7. The van der Waals surface area contributed by atoms with E-state index in [9.17, 15) is 28.1 Å². The minimum absolute atomic E-state index is 0.0510. The van der Waals surface area contributed by atoms with E-state index in [4.69, 9.17) is 4.74 Å². The molecule has 0 aliphatic heterocycles. The van der Waals surface area contributed by atoms with Crippen molar-refractivity contribution < 1.29 is 22.8 Å². The molecule has 0 aliphatic rings. The molecule has 0 bridgehead atoms. The van der Waals surface area contributed by atoms with Gasteiger partial charge in [0.1, 0.15) is 11.9 Å². The predicted molar refractivity (Wildman–Crippen MR) is 150 cm³/mol. The summed E-state index contributed by atoms with van der Waals surface area (Å²) in [5, 5.41) is 15.4. The summed E-state index contributed by atoms with van der Waals surface area (Å²) in [5.74, 6) is 0.530. The quantitative estimate of drug-likeness (QED) is 0.0874. The number of nitro groups is 1. The van der Waals surface area contributed by atoms with Gasteiger partial charge in [-0.2, -0.15) is 22.9 Å². The Morgan fingerprint density at radius 2 is 1.82 bits per heavy atom. The lowest BCUT2D eigenvalue weighted by atomic mass is 10.1. The summed E-state index contributed by atoms with van der Waals surface area (Å²) in [6, 6.07) is 18.7. The summed E-state index contributed by atoms with van der Waals surface area (Å²) in [6.45, 7) is 0. The molecule has 0 N–H and O–H groups in total. The SMILES string of the molecule is O=c1c2ccccc2nc(-c2cccc(C(F)(F)F)c2)n1N=Cc1ccc(Oc2ccc([N+](=O)[O-])cn2)c(I)c1. The normalized spacial score (nSPS) is 11.7. The lowest BCUT2D eigenvalue weighted by molar-refractivity contribution is -0.385. The first kappa shape index (κ1) is 26.9. The largest absolute Gasteiger partial charge is 0.438 e. The van der Waals surface area contributed by atoms with Crippen LogP contribution in [0.3, 0.4) is 0 Å². The molecule has 3 aromatic carbocycles. The van der Waals surface area contributed by atoms with Crippen molar-refractivity contribution in [2.45, 2.75) is 6.18 Å². The molecule has 2 heterocycles. The van der Waals surface area contributed by atoms with Gasteiger partial charge in [-0.15, -0.1) is 0 Å². The molecule has 40 heavy (non-hydrogen) atoms. The highest BCUT2D eigenvalue weighted by Crippen LogP contribution is 2.32. The Bertz CT molecular complexity index is 1840. The summed E-state index contributed by atoms with van der Waals surface area (Å²) in [7, 11) is 0. The summed E-state index contributed by atoms with van der Waals surface area (Å²) in [5.41, 5.74) is -0.644. The van der Waals surface area contributed by atoms with Crippen molar-refractivity contribution in [1.82, 2.24) is 14.6 Å². The van der Waals surface area contributed by atoms with Crippen LogP contribution in [-0.4, -0.2) is 25.8 Å². The third-order valence-electron chi connectivity index (χ3n) is 5.63. The number of rotatable bonds is 6. The van der Waals surface area contributed by atoms with Gasteiger partial charge in [-0.25, -0.2) is 9.97 Å². The molecule has 13 heteroatoms. The van der Waals surface area contributed by atoms with Gasteiger partial charge in [0.2, 0.25) is 5.88 Å². The zero-order chi connectivity index (χ0) is 28.4. The fourth-order valence-electron chi connectivity index (χ4n) is 3.71. The number of benzene rings is 3. The average molecular weight is 657 g/mol. The molecule has 0 atom stereocenters. The molecule has 0 radical (unpaired) electrons. The Balaban J connectivity index is 1.51. The molecule has 5 aromatic rings. The smallest absolute Gasteiger partial charge is 0.416 e. The van der Waals surface area contributed by atoms with Crippen LogP contribution in [0.4, 0.5) is 18.9 Å². The predicted octanol–water partition coefficient (Wildman–Crippen LogP) is 6.66. The molecule has 0 saturated carbocycles. The lowest BCUT2D eigenvalue weighted by Gasteiger charge is -2.12. The monoisotopic (exact) mass is 657 g/mol. The zero-order valence-corrected chi connectivity index (χ0v) is 22.2. The van der Waals surface area contributed by atoms with Gasteiger partial charge < -0.3 is 4.74 Å². The van der Waals surface area contributed by atoms with Crippen molar-refractivity contribution in [2.24, 2.45) is 5.10 Å². The minimum Gasteiger partial charge on any atom is -0.438 e. The van der Waals surface area contributed by atoms with E-state index >= 15 is 0 Å². The second-order valence-electron chi connectivity index (χ2n) is 8.30. The van der Waals surface area contributed by atoms with E-state index in [2.05, 4.69) is 15.1 Å². The Hall–Kier alpha value is -4.66. The van der Waals surface area contributed by atoms with E-state index in [1.54, 1.807) is 42.5 Å². The van der Waals surface area contributed by atoms with E-state index in [1.165, 1.54) is 30.5 Å². The van der Waals surface area contributed by atoms with Crippen molar-refractivity contribution in [2.75, 3.05) is 0 Å². The van der Waals surface area contributed by atoms with Crippen molar-refractivity contribution >= 4 is 45.4 Å². The topological polar surface area (TPSA) is 113 Å². The fraction of sp³-hybridized carbons (Fsp3) is 0.0370. The van der Waals surface area contributed by atoms with Crippen LogP contribution in [0.15, 0.2) is 95.0 Å². The fourth-order valence-corrected chi connectivity index (χ4v) is 4.36. The van der Waals surface area contributed by atoms with Crippen molar-refractivity contribution in [1.29, 1.82) is 0 Å². The van der Waals surface area contributed by atoms with Gasteiger partial charge in [0.05, 0.1) is 31.2 Å². The molecule has 9 nitrogen and oxygen atoms in total. The Labute approximate surface area is 236 Å². The summed E-state index contributed by atoms with van der Waals surface area (Å²) in [6.07, 6.45) is -2.11. The number of pyridine rings is 1. The maximum absolute atomic E-state index is 13.4. The van der Waals surface area contributed by atoms with Crippen molar-refractivity contribution in [3.63, 3.8) is 0 Å². The molecule has 2 aromatic heterocycles. The van der Waals surface area contributed by atoms with Crippen LogP contribution in [-0.2, 0) is 6.18 Å². The van der Waals surface area contributed by atoms with Crippen LogP contribution in [0, 0.1) is 13.7 Å². The number of nitrogens with zero attached hydrogens (tertiary/aromatic N) is 5. The van der Waals surface area contributed by atoms with E-state index in [0.717, 1.165) is 23.0 Å². The molecule has 0 fully saturated rings. The third kappa shape index (κ3) is 5.68. The van der Waals surface area contributed by atoms with Gasteiger partial charge in [0, 0.05) is 17.7 Å². The molecule has 0 saturated heterocycles. The Morgan fingerprint density at radius 3 is 2.52 bits per heavy atom. The number of alkyl halides is 3. The summed E-state index contributed by atoms with van der Waals surface area (Å²) >= 11 is 2.02. The second kappa shape index (κ2) is 10.8. The number of para-hydroxylation sites is 1. The van der Waals surface area contributed by atoms with Crippen molar-refractivity contribution in [3.8, 4) is 23.0 Å². The highest BCUT2D eigenvalue weighted by Gasteiger charge is 2.31. The molecule has 200 valence electrons. The van der Waals surface area contributed by atoms with Gasteiger partial charge in [-0.1, -0.05) is 24.3 Å². The number of halogens is 4. The summed E-state index contributed by atoms with van der Waals surface area (Å²) < 4.78 is 47.5. The molecule has 5 rings (SSSR count). The number of fused-ring (bicyclic) bond motifs is 1. The molecule has 0 spiro atoms. The maximum atomic E-state index is 13.4. The standard InChI is InChI=1S/C27H15F3IN5O4/c28-27(29,30)18-5-3-4-17(13-18)25-34-22-7-2-1-6-20(22)26(37)35(25)33-14-16-8-10-23(21(31)12-16)40-24-11-9-19(15-32-24)36(38)39/h1-15H. The van der Waals surface area contributed by atoms with Crippen molar-refractivity contribution in [3.05, 3.63) is 120 Å². The van der Waals surface area contributed by atoms with Gasteiger partial charge in [0.15, 0.2) is 5.82 Å². The Kier molecular flexibility index (Phi) is 7.30. The van der Waals surface area contributed by atoms with E-state index < -0.39 is 22.2 Å². The molecule has 0 amide bonds. The first-order chi connectivity index (χ1) is 19.1. The van der Waals surface area contributed by atoms with Gasteiger partial charge >= 0.3 is 6.18 Å². The van der Waals surface area contributed by atoms with Gasteiger partial charge in [-0.05, 0) is 70.6 Å². The van der Waals surface area contributed by atoms with Gasteiger partial charge in [0.25, 0.3) is 11.2 Å². The molecule has 0 unspecified atom stereocenters.